The molecule has 6 heteroatoms. The summed E-state index contributed by atoms with van der Waals surface area (Å²) in [6.45, 7) is 4.93. The zero-order valence-electron chi connectivity index (χ0n) is 42.3. The molecule has 0 fully saturated rings. The standard InChI is InChI=1S/C57H109NO5/c1-3-5-7-9-11-13-15-17-18-24-27-31-35-39-43-47-51-57(62)63-52-48-44-40-36-32-28-25-22-20-19-21-23-26-30-34-38-42-46-50-56(61)58-54(53-59)55(60)49-45-41-37-33-29-16-14-12-10-8-6-4-2/h18,21,23-24,54-55,59-60H,3-17,19-20,22,25-53H2,1-2H3,(H,58,61)/b23-21-,24-18-. The van der Waals surface area contributed by atoms with Gasteiger partial charge in [0.2, 0.25) is 5.91 Å². The molecule has 0 aromatic heterocycles. The van der Waals surface area contributed by atoms with Crippen LogP contribution in [-0.4, -0.2) is 47.4 Å². The average Bonchev–Trinajstić information content (AvgIpc) is 3.28. The Morgan fingerprint density at radius 3 is 1.13 bits per heavy atom. The SMILES string of the molecule is CCCCCCCCC/C=C\CCCCCCCC(=O)OCCCCCCCCCCC/C=C\CCCCCCCC(=O)NC(CO)C(O)CCCCCCCCCCCCCC. The molecular formula is C57H109NO5. The molecule has 0 aromatic rings. The molecule has 0 heterocycles. The van der Waals surface area contributed by atoms with Crippen LogP contribution < -0.4 is 5.32 Å². The topological polar surface area (TPSA) is 95.9 Å². The highest BCUT2D eigenvalue weighted by Gasteiger charge is 2.20. The molecule has 0 aliphatic rings. The molecule has 1 amide bonds. The Balaban J connectivity index is 3.43. The van der Waals surface area contributed by atoms with Gasteiger partial charge in [0, 0.05) is 12.8 Å². The fraction of sp³-hybridized carbons (Fsp3) is 0.895. The van der Waals surface area contributed by atoms with Gasteiger partial charge in [0.05, 0.1) is 25.4 Å². The van der Waals surface area contributed by atoms with Crippen LogP contribution in [0.4, 0.5) is 0 Å². The number of allylic oxidation sites excluding steroid dienone is 4. The molecule has 0 spiro atoms. The van der Waals surface area contributed by atoms with Crippen molar-refractivity contribution in [2.24, 2.45) is 0 Å². The first-order valence-corrected chi connectivity index (χ1v) is 28.1. The Labute approximate surface area is 392 Å². The van der Waals surface area contributed by atoms with Crippen LogP contribution in [-0.2, 0) is 14.3 Å². The fourth-order valence-corrected chi connectivity index (χ4v) is 8.63. The Morgan fingerprint density at radius 2 is 0.746 bits per heavy atom. The first-order chi connectivity index (χ1) is 31.0. The Hall–Kier alpha value is -1.66. The van der Waals surface area contributed by atoms with Crippen LogP contribution in [0, 0.1) is 0 Å². The lowest BCUT2D eigenvalue weighted by atomic mass is 10.0. The second-order valence-corrected chi connectivity index (χ2v) is 19.3. The third kappa shape index (κ3) is 49.6. The van der Waals surface area contributed by atoms with Crippen molar-refractivity contribution in [2.45, 2.75) is 315 Å². The highest BCUT2D eigenvalue weighted by Crippen LogP contribution is 2.16. The second-order valence-electron chi connectivity index (χ2n) is 19.3. The van der Waals surface area contributed by atoms with Gasteiger partial charge in [-0.15, -0.1) is 0 Å². The van der Waals surface area contributed by atoms with Gasteiger partial charge in [0.15, 0.2) is 0 Å². The molecule has 2 atom stereocenters. The molecule has 372 valence electrons. The van der Waals surface area contributed by atoms with E-state index in [2.05, 4.69) is 43.5 Å². The summed E-state index contributed by atoms with van der Waals surface area (Å²) >= 11 is 0. The normalized spacial score (nSPS) is 12.8. The van der Waals surface area contributed by atoms with Gasteiger partial charge in [-0.1, -0.05) is 237 Å². The first kappa shape index (κ1) is 61.3. The van der Waals surface area contributed by atoms with Gasteiger partial charge in [0.25, 0.3) is 0 Å². The van der Waals surface area contributed by atoms with Crippen molar-refractivity contribution in [1.29, 1.82) is 0 Å². The summed E-state index contributed by atoms with van der Waals surface area (Å²) in [6, 6.07) is -0.550. The van der Waals surface area contributed by atoms with E-state index in [1.54, 1.807) is 0 Å². The number of rotatable bonds is 52. The second kappa shape index (κ2) is 53.0. The molecule has 0 aliphatic heterocycles. The van der Waals surface area contributed by atoms with Gasteiger partial charge >= 0.3 is 5.97 Å². The van der Waals surface area contributed by atoms with Crippen molar-refractivity contribution in [2.75, 3.05) is 13.2 Å². The quantitative estimate of drug-likeness (QED) is 0.0321. The van der Waals surface area contributed by atoms with Crippen LogP contribution in [0.5, 0.6) is 0 Å². The van der Waals surface area contributed by atoms with E-state index in [-0.39, 0.29) is 18.5 Å². The van der Waals surface area contributed by atoms with E-state index in [4.69, 9.17) is 4.74 Å². The molecule has 0 saturated carbocycles. The minimum absolute atomic E-state index is 0.00443. The van der Waals surface area contributed by atoms with Crippen LogP contribution in [0.25, 0.3) is 0 Å². The number of carbonyl (C=O) groups excluding carboxylic acids is 2. The summed E-state index contributed by atoms with van der Waals surface area (Å²) < 4.78 is 5.47. The Morgan fingerprint density at radius 1 is 0.429 bits per heavy atom. The summed E-state index contributed by atoms with van der Waals surface area (Å²) in [4.78, 5) is 24.5. The molecule has 0 bridgehead atoms. The van der Waals surface area contributed by atoms with E-state index in [0.29, 0.717) is 25.9 Å². The van der Waals surface area contributed by atoms with E-state index in [1.165, 1.54) is 212 Å². The molecule has 0 aliphatic carbocycles. The van der Waals surface area contributed by atoms with Crippen molar-refractivity contribution < 1.29 is 24.5 Å². The van der Waals surface area contributed by atoms with E-state index in [0.717, 1.165) is 57.8 Å². The number of esters is 1. The maximum Gasteiger partial charge on any atom is 0.305 e. The van der Waals surface area contributed by atoms with Gasteiger partial charge in [-0.3, -0.25) is 9.59 Å². The van der Waals surface area contributed by atoms with Crippen LogP contribution in [0.3, 0.4) is 0 Å². The molecule has 0 saturated heterocycles. The minimum atomic E-state index is -0.672. The minimum Gasteiger partial charge on any atom is -0.466 e. The van der Waals surface area contributed by atoms with Crippen LogP contribution >= 0.6 is 0 Å². The molecule has 0 rings (SSSR count). The number of nitrogens with one attached hydrogen (secondary N) is 1. The van der Waals surface area contributed by atoms with E-state index in [1.807, 2.05) is 0 Å². The van der Waals surface area contributed by atoms with Crippen LogP contribution in [0.1, 0.15) is 303 Å². The Bertz CT molecular complexity index is 982. The van der Waals surface area contributed by atoms with Crippen molar-refractivity contribution in [3.8, 4) is 0 Å². The molecule has 0 aromatic carbocycles. The highest BCUT2D eigenvalue weighted by molar-refractivity contribution is 5.76. The van der Waals surface area contributed by atoms with Gasteiger partial charge in [-0.25, -0.2) is 0 Å². The van der Waals surface area contributed by atoms with Gasteiger partial charge < -0.3 is 20.3 Å². The molecule has 0 radical (unpaired) electrons. The van der Waals surface area contributed by atoms with E-state index in [9.17, 15) is 19.8 Å². The zero-order chi connectivity index (χ0) is 45.8. The van der Waals surface area contributed by atoms with Crippen molar-refractivity contribution in [1.82, 2.24) is 5.32 Å². The van der Waals surface area contributed by atoms with Gasteiger partial charge in [0.1, 0.15) is 0 Å². The van der Waals surface area contributed by atoms with Gasteiger partial charge in [-0.05, 0) is 77.0 Å². The average molecular weight is 889 g/mol. The predicted molar refractivity (Wildman–Crippen MR) is 273 cm³/mol. The third-order valence-electron chi connectivity index (χ3n) is 13.0. The summed E-state index contributed by atoms with van der Waals surface area (Å²) in [5, 5.41) is 23.2. The number of hydrogen-bond acceptors (Lipinski definition) is 5. The molecule has 63 heavy (non-hydrogen) atoms. The lowest BCUT2D eigenvalue weighted by molar-refractivity contribution is -0.143. The molecule has 2 unspecified atom stereocenters. The first-order valence-electron chi connectivity index (χ1n) is 28.1. The smallest absolute Gasteiger partial charge is 0.305 e. The lowest BCUT2D eigenvalue weighted by Gasteiger charge is -2.22. The van der Waals surface area contributed by atoms with Gasteiger partial charge in [-0.2, -0.15) is 0 Å². The van der Waals surface area contributed by atoms with Crippen LogP contribution in [0.2, 0.25) is 0 Å². The summed E-state index contributed by atoms with van der Waals surface area (Å²) in [7, 11) is 0. The number of aliphatic hydroxyl groups excluding tert-OH is 2. The Kier molecular flexibility index (Phi) is 51.6. The summed E-state index contributed by atoms with van der Waals surface area (Å²) in [5.41, 5.74) is 0. The fourth-order valence-electron chi connectivity index (χ4n) is 8.63. The highest BCUT2D eigenvalue weighted by atomic mass is 16.5. The number of amides is 1. The van der Waals surface area contributed by atoms with Crippen molar-refractivity contribution in [3.05, 3.63) is 24.3 Å². The summed E-state index contributed by atoms with van der Waals surface area (Å²) in [5.74, 6) is -0.0542. The maximum atomic E-state index is 12.4. The number of carbonyl (C=O) groups is 2. The van der Waals surface area contributed by atoms with Crippen LogP contribution in [0.15, 0.2) is 24.3 Å². The van der Waals surface area contributed by atoms with E-state index >= 15 is 0 Å². The zero-order valence-corrected chi connectivity index (χ0v) is 42.3. The largest absolute Gasteiger partial charge is 0.466 e. The van der Waals surface area contributed by atoms with E-state index < -0.39 is 12.1 Å². The van der Waals surface area contributed by atoms with Crippen molar-refractivity contribution in [3.63, 3.8) is 0 Å². The lowest BCUT2D eigenvalue weighted by Crippen LogP contribution is -2.45. The monoisotopic (exact) mass is 888 g/mol. The molecular weight excluding hydrogens is 779 g/mol. The molecule has 3 N–H and O–H groups in total. The summed E-state index contributed by atoms with van der Waals surface area (Å²) in [6.07, 6.45) is 63.0. The maximum absolute atomic E-state index is 12.4. The van der Waals surface area contributed by atoms with Crippen molar-refractivity contribution >= 4 is 11.9 Å². The number of ether oxygens (including phenoxy) is 1. The number of unbranched alkanes of at least 4 members (excludes halogenated alkanes) is 37. The number of aliphatic hydroxyl groups is 2. The third-order valence-corrected chi connectivity index (χ3v) is 13.0. The predicted octanol–water partition coefficient (Wildman–Crippen LogP) is 17.1. The number of hydrogen-bond donors (Lipinski definition) is 3. The molecule has 6 nitrogen and oxygen atoms in total.